The maximum absolute atomic E-state index is 13.9. The fourth-order valence-electron chi connectivity index (χ4n) is 4.16. The van der Waals surface area contributed by atoms with E-state index in [9.17, 15) is 26.7 Å². The van der Waals surface area contributed by atoms with Gasteiger partial charge in [0, 0.05) is 12.8 Å². The van der Waals surface area contributed by atoms with Gasteiger partial charge >= 0.3 is 6.18 Å². The molecule has 0 radical (unpaired) electrons. The molecular weight excluding hydrogens is 475 g/mol. The Bertz CT molecular complexity index is 1350. The van der Waals surface area contributed by atoms with E-state index in [1.807, 2.05) is 0 Å². The quantitative estimate of drug-likeness (QED) is 0.565. The van der Waals surface area contributed by atoms with Crippen molar-refractivity contribution in [3.8, 4) is 0 Å². The van der Waals surface area contributed by atoms with Gasteiger partial charge in [0.15, 0.2) is 23.3 Å². The molecular formula is C21H17F5N8O. The number of carbonyl (C=O) groups excluding carboxylic acids is 1. The lowest BCUT2D eigenvalue weighted by Gasteiger charge is -2.24. The number of hydrazine groups is 1. The molecule has 0 saturated heterocycles. The van der Waals surface area contributed by atoms with Crippen LogP contribution in [0.5, 0.6) is 0 Å². The van der Waals surface area contributed by atoms with E-state index < -0.39 is 42.0 Å². The molecule has 0 aliphatic carbocycles. The molecule has 3 aliphatic heterocycles. The minimum absolute atomic E-state index is 0.0338. The van der Waals surface area contributed by atoms with Crippen LogP contribution < -0.4 is 16.5 Å². The summed E-state index contributed by atoms with van der Waals surface area (Å²) in [5, 5.41) is 4.00. The molecule has 0 fully saturated rings. The van der Waals surface area contributed by atoms with Gasteiger partial charge in [0.25, 0.3) is 0 Å². The topological polar surface area (TPSA) is 121 Å². The fraction of sp³-hybridized carbons (Fsp3) is 0.286. The van der Waals surface area contributed by atoms with E-state index in [-0.39, 0.29) is 52.5 Å². The van der Waals surface area contributed by atoms with Crippen molar-refractivity contribution >= 4 is 34.8 Å². The summed E-state index contributed by atoms with van der Waals surface area (Å²) in [5.74, 6) is -2.68. The summed E-state index contributed by atoms with van der Waals surface area (Å²) in [6.07, 6.45) is -4.44. The van der Waals surface area contributed by atoms with Crippen molar-refractivity contribution in [1.29, 1.82) is 0 Å². The molecule has 14 heteroatoms. The maximum Gasteiger partial charge on any atom is 0.389 e. The number of nitrogen functional groups attached to an aromatic ring is 1. The van der Waals surface area contributed by atoms with Crippen LogP contribution in [-0.2, 0) is 10.2 Å². The smallest absolute Gasteiger partial charge is 0.383 e. The molecule has 1 aromatic carbocycles. The Morgan fingerprint density at radius 2 is 1.97 bits per heavy atom. The molecule has 1 amide bonds. The third-order valence-corrected chi connectivity index (χ3v) is 5.96. The molecule has 2 aromatic rings. The average molecular weight is 492 g/mol. The number of hydrogen-bond donors (Lipinski definition) is 3. The first kappa shape index (κ1) is 22.8. The molecule has 4 N–H and O–H groups in total. The van der Waals surface area contributed by atoms with Crippen molar-refractivity contribution in [2.75, 3.05) is 17.7 Å². The second-order valence-electron chi connectivity index (χ2n) is 8.22. The van der Waals surface area contributed by atoms with Crippen molar-refractivity contribution in [2.45, 2.75) is 31.4 Å². The molecule has 182 valence electrons. The largest absolute Gasteiger partial charge is 0.389 e. The number of aliphatic imine (C=N–C) groups is 2. The number of amides is 1. The summed E-state index contributed by atoms with van der Waals surface area (Å²) in [6, 6.07) is 3.07. The number of fused-ring (bicyclic) bond motifs is 2. The molecule has 35 heavy (non-hydrogen) atoms. The molecule has 4 heterocycles. The molecule has 0 saturated carbocycles. The summed E-state index contributed by atoms with van der Waals surface area (Å²) in [6.45, 7) is 1.63. The Labute approximate surface area is 194 Å². The Balaban J connectivity index is 1.55. The predicted molar refractivity (Wildman–Crippen MR) is 116 cm³/mol. The number of nitrogens with two attached hydrogens (primary N) is 1. The summed E-state index contributed by atoms with van der Waals surface area (Å²) in [4.78, 5) is 29.9. The highest BCUT2D eigenvalue weighted by atomic mass is 19.4. The van der Waals surface area contributed by atoms with Crippen molar-refractivity contribution in [3.05, 3.63) is 53.0 Å². The zero-order valence-corrected chi connectivity index (χ0v) is 18.0. The summed E-state index contributed by atoms with van der Waals surface area (Å²) in [5.41, 5.74) is 8.04. The van der Waals surface area contributed by atoms with Gasteiger partial charge in [-0.1, -0.05) is 6.07 Å². The van der Waals surface area contributed by atoms with Crippen molar-refractivity contribution < 1.29 is 26.7 Å². The Morgan fingerprint density at radius 3 is 2.69 bits per heavy atom. The van der Waals surface area contributed by atoms with Crippen LogP contribution in [0.25, 0.3) is 5.70 Å². The van der Waals surface area contributed by atoms with Gasteiger partial charge in [-0.25, -0.2) is 34.2 Å². The summed E-state index contributed by atoms with van der Waals surface area (Å²) < 4.78 is 65.8. The number of aromatic nitrogens is 2. The van der Waals surface area contributed by atoms with Gasteiger partial charge in [-0.15, -0.1) is 0 Å². The number of halogens is 5. The molecule has 1 aromatic heterocycles. The van der Waals surface area contributed by atoms with Gasteiger partial charge in [0.05, 0.1) is 17.5 Å². The number of nitrogens with zero attached hydrogens (tertiary/aromatic N) is 5. The van der Waals surface area contributed by atoms with E-state index in [2.05, 4.69) is 30.7 Å². The number of anilines is 2. The number of nitrogens with one attached hydrogen (secondary N) is 2. The Hall–Kier alpha value is -3.94. The minimum Gasteiger partial charge on any atom is -0.383 e. The molecule has 0 spiro atoms. The first-order valence-electron chi connectivity index (χ1n) is 10.4. The summed E-state index contributed by atoms with van der Waals surface area (Å²) in [7, 11) is 0. The van der Waals surface area contributed by atoms with Crippen LogP contribution in [0.4, 0.5) is 33.6 Å². The number of amidine groups is 1. The second kappa shape index (κ2) is 7.80. The number of carbonyl (C=O) groups is 1. The normalized spacial score (nSPS) is 21.3. The Kier molecular flexibility index (Phi) is 5.09. The van der Waals surface area contributed by atoms with Crippen LogP contribution >= 0.6 is 0 Å². The average Bonchev–Trinajstić information content (AvgIpc) is 3.36. The van der Waals surface area contributed by atoms with E-state index in [0.29, 0.717) is 0 Å². The second-order valence-corrected chi connectivity index (χ2v) is 8.22. The van der Waals surface area contributed by atoms with Gasteiger partial charge in [-0.05, 0) is 24.6 Å². The lowest BCUT2D eigenvalue weighted by atomic mass is 9.77. The molecule has 5 rings (SSSR count). The SMILES string of the molecule is CC1(c2ccc(F)c(F)c2)C(=O)Nc2nc(C3=CN4NCN=C4C(CCC(F)(F)F)=N3)nc(N)c21. The van der Waals surface area contributed by atoms with E-state index in [0.717, 1.165) is 12.1 Å². The standard InChI is InChI=1S/C21H17F5N8O/c1-20(9-2-3-10(22)11(23)6-9)14-15(27)31-16(32-17(14)33-19(20)35)13-7-34-18(28-8-29-34)12(30-13)4-5-21(24,25)26/h2-3,6-7,29H,4-5,8H2,1H3,(H3,27,31,32,33,35). The minimum atomic E-state index is -4.38. The van der Waals surface area contributed by atoms with Crippen molar-refractivity contribution in [1.82, 2.24) is 20.4 Å². The van der Waals surface area contributed by atoms with Gasteiger partial charge in [0.2, 0.25) is 5.91 Å². The van der Waals surface area contributed by atoms with Crippen molar-refractivity contribution in [3.63, 3.8) is 0 Å². The lowest BCUT2D eigenvalue weighted by molar-refractivity contribution is -0.132. The highest BCUT2D eigenvalue weighted by molar-refractivity contribution is 6.43. The number of benzene rings is 1. The zero-order valence-electron chi connectivity index (χ0n) is 18.0. The maximum atomic E-state index is 13.9. The van der Waals surface area contributed by atoms with Gasteiger partial charge in [-0.2, -0.15) is 13.2 Å². The number of alkyl halides is 3. The molecule has 1 atom stereocenters. The van der Waals surface area contributed by atoms with Crippen molar-refractivity contribution in [2.24, 2.45) is 9.98 Å². The van der Waals surface area contributed by atoms with Crippen LogP contribution in [0, 0.1) is 11.6 Å². The fourth-order valence-corrected chi connectivity index (χ4v) is 4.16. The third kappa shape index (κ3) is 3.79. The highest BCUT2D eigenvalue weighted by Gasteiger charge is 2.48. The third-order valence-electron chi connectivity index (χ3n) is 5.96. The zero-order chi connectivity index (χ0) is 25.1. The van der Waals surface area contributed by atoms with E-state index in [4.69, 9.17) is 5.73 Å². The van der Waals surface area contributed by atoms with Crippen LogP contribution in [0.15, 0.2) is 34.4 Å². The van der Waals surface area contributed by atoms with Crippen LogP contribution in [0.2, 0.25) is 0 Å². The van der Waals surface area contributed by atoms with Crippen LogP contribution in [0.3, 0.4) is 0 Å². The first-order chi connectivity index (χ1) is 16.5. The predicted octanol–water partition coefficient (Wildman–Crippen LogP) is 2.87. The van der Waals surface area contributed by atoms with E-state index >= 15 is 0 Å². The van der Waals surface area contributed by atoms with Gasteiger partial charge in [0.1, 0.15) is 29.4 Å². The molecule has 1 unspecified atom stereocenters. The first-order valence-corrected chi connectivity index (χ1v) is 10.4. The van der Waals surface area contributed by atoms with Gasteiger partial charge < -0.3 is 11.1 Å². The number of rotatable bonds is 4. The molecule has 3 aliphatic rings. The monoisotopic (exact) mass is 492 g/mol. The van der Waals surface area contributed by atoms with Crippen LogP contribution in [0.1, 0.15) is 36.7 Å². The highest BCUT2D eigenvalue weighted by Crippen LogP contribution is 2.45. The number of hydrogen-bond acceptors (Lipinski definition) is 8. The van der Waals surface area contributed by atoms with Gasteiger partial charge in [-0.3, -0.25) is 9.80 Å². The van der Waals surface area contributed by atoms with E-state index in [1.165, 1.54) is 24.2 Å². The van der Waals surface area contributed by atoms with E-state index in [1.54, 1.807) is 0 Å². The van der Waals surface area contributed by atoms with Crippen LogP contribution in [-0.4, -0.2) is 45.3 Å². The summed E-state index contributed by atoms with van der Waals surface area (Å²) >= 11 is 0. The lowest BCUT2D eigenvalue weighted by Crippen LogP contribution is -2.39. The molecule has 0 bridgehead atoms. The Morgan fingerprint density at radius 1 is 1.20 bits per heavy atom. The molecule has 9 nitrogen and oxygen atoms in total.